The number of aliphatic hydroxyl groups is 5. The first-order chi connectivity index (χ1) is 23.9. The number of hydrogen-bond donors (Lipinski definition) is 6. The summed E-state index contributed by atoms with van der Waals surface area (Å²) in [5.41, 5.74) is -6.83. The van der Waals surface area contributed by atoms with Gasteiger partial charge in [-0.3, -0.25) is 0 Å². The molecule has 15 atom stereocenters. The molecule has 0 aromatic rings. The van der Waals surface area contributed by atoms with Crippen molar-refractivity contribution in [1.29, 1.82) is 0 Å². The molecule has 0 amide bonds. The van der Waals surface area contributed by atoms with Gasteiger partial charge in [0.2, 0.25) is 0 Å². The van der Waals surface area contributed by atoms with Crippen LogP contribution in [0.2, 0.25) is 0 Å². The first kappa shape index (κ1) is 34.2. The van der Waals surface area contributed by atoms with E-state index in [1.807, 2.05) is 7.05 Å². The van der Waals surface area contributed by atoms with Crippen LogP contribution in [-0.4, -0.2) is 86.0 Å². The van der Waals surface area contributed by atoms with E-state index in [1.54, 1.807) is 6.08 Å². The van der Waals surface area contributed by atoms with E-state index in [-0.39, 0.29) is 36.6 Å². The number of aldehydes is 1. The molecule has 9 nitrogen and oxygen atoms in total. The third-order valence-electron chi connectivity index (χ3n) is 17.7. The van der Waals surface area contributed by atoms with Gasteiger partial charge in [-0.15, -0.1) is 0 Å². The minimum absolute atomic E-state index is 0.156. The van der Waals surface area contributed by atoms with Crippen molar-refractivity contribution < 1.29 is 39.9 Å². The van der Waals surface area contributed by atoms with Crippen molar-refractivity contribution in [3.05, 3.63) is 23.3 Å². The predicted molar refractivity (Wildman–Crippen MR) is 184 cm³/mol. The Balaban J connectivity index is 1.22. The quantitative estimate of drug-likeness (QED) is 0.144. The topological polar surface area (TPSA) is 157 Å². The number of ether oxygens (including phenoxy) is 1. The summed E-state index contributed by atoms with van der Waals surface area (Å²) in [6, 6.07) is 0. The molecule has 1 spiro atoms. The number of aliphatic hydroxyl groups excluding tert-OH is 2. The Kier molecular flexibility index (Phi) is 7.66. The van der Waals surface area contributed by atoms with E-state index in [4.69, 9.17) is 4.74 Å². The van der Waals surface area contributed by atoms with Crippen LogP contribution in [0.25, 0.3) is 0 Å². The Labute approximate surface area is 296 Å². The molecule has 6 N–H and O–H groups in total. The van der Waals surface area contributed by atoms with Crippen LogP contribution in [0.4, 0.5) is 0 Å². The number of carbonyl (C=O) groups excluding carboxylic acids is 2. The Hall–Kier alpha value is -1.62. The van der Waals surface area contributed by atoms with Gasteiger partial charge in [-0.2, -0.15) is 0 Å². The van der Waals surface area contributed by atoms with Crippen LogP contribution in [0.5, 0.6) is 0 Å². The van der Waals surface area contributed by atoms with Crippen LogP contribution in [-0.2, 0) is 14.3 Å². The Morgan fingerprint density at radius 1 is 0.920 bits per heavy atom. The van der Waals surface area contributed by atoms with E-state index in [2.05, 4.69) is 18.3 Å². The maximum absolute atomic E-state index is 13.9. The Bertz CT molecular complexity index is 1510. The second-order valence-electron chi connectivity index (χ2n) is 18.8. The van der Waals surface area contributed by atoms with Crippen molar-refractivity contribution in [1.82, 2.24) is 5.32 Å². The number of hydrogen-bond acceptors (Lipinski definition) is 9. The zero-order valence-corrected chi connectivity index (χ0v) is 30.0. The van der Waals surface area contributed by atoms with Gasteiger partial charge in [0, 0.05) is 35.8 Å². The van der Waals surface area contributed by atoms with Gasteiger partial charge in [-0.05, 0) is 118 Å². The van der Waals surface area contributed by atoms with Gasteiger partial charge >= 0.3 is 5.97 Å². The average molecular weight is 694 g/mol. The Morgan fingerprint density at radius 2 is 1.68 bits per heavy atom. The van der Waals surface area contributed by atoms with Crippen molar-refractivity contribution in [2.45, 2.75) is 144 Å². The normalized spacial score (nSPS) is 54.4. The molecule has 276 valence electrons. The highest BCUT2D eigenvalue weighted by molar-refractivity contribution is 5.88. The summed E-state index contributed by atoms with van der Waals surface area (Å²) in [5.74, 6) is -2.11. The first-order valence-corrected chi connectivity index (χ1v) is 20.2. The molecule has 50 heavy (non-hydrogen) atoms. The molecule has 0 saturated heterocycles. The molecule has 9 aliphatic rings. The lowest BCUT2D eigenvalue weighted by molar-refractivity contribution is -0.375. The number of likely N-dealkylation sites (N-methyl/N-ethyl adjacent to an activating group) is 1. The maximum Gasteiger partial charge on any atom is 0.332 e. The van der Waals surface area contributed by atoms with Gasteiger partial charge in [-0.1, -0.05) is 45.1 Å². The lowest BCUT2D eigenvalue weighted by Crippen LogP contribution is -2.85. The molecule has 2 bridgehead atoms. The summed E-state index contributed by atoms with van der Waals surface area (Å²) in [7, 11) is 1.88. The zero-order valence-electron chi connectivity index (χ0n) is 30.0. The van der Waals surface area contributed by atoms with Crippen molar-refractivity contribution in [3.63, 3.8) is 0 Å². The number of rotatable bonds is 5. The molecular weight excluding hydrogens is 634 g/mol. The number of esters is 1. The molecule has 7 saturated carbocycles. The molecule has 7 fully saturated rings. The highest BCUT2D eigenvalue weighted by Crippen LogP contribution is 2.78. The second kappa shape index (κ2) is 11.2. The van der Waals surface area contributed by atoms with E-state index >= 15 is 0 Å². The molecule has 1 aliphatic heterocycles. The number of fused-ring (bicyclic) bond motifs is 3. The van der Waals surface area contributed by atoms with Crippen molar-refractivity contribution >= 4 is 12.3 Å². The Morgan fingerprint density at radius 3 is 2.42 bits per heavy atom. The summed E-state index contributed by atoms with van der Waals surface area (Å²) < 4.78 is 6.25. The van der Waals surface area contributed by atoms with E-state index in [0.717, 1.165) is 36.7 Å². The smallest absolute Gasteiger partial charge is 0.332 e. The predicted octanol–water partition coefficient (Wildman–Crippen LogP) is 3.74. The molecule has 0 aromatic heterocycles. The lowest BCUT2D eigenvalue weighted by Gasteiger charge is -2.73. The van der Waals surface area contributed by atoms with E-state index in [9.17, 15) is 35.1 Å². The minimum Gasteiger partial charge on any atom is -0.447 e. The van der Waals surface area contributed by atoms with Gasteiger partial charge in [0.05, 0.1) is 23.2 Å². The first-order valence-electron chi connectivity index (χ1n) is 20.2. The van der Waals surface area contributed by atoms with Gasteiger partial charge in [0.15, 0.2) is 5.60 Å². The summed E-state index contributed by atoms with van der Waals surface area (Å²) >= 11 is 0. The van der Waals surface area contributed by atoms with Crippen LogP contribution < -0.4 is 5.32 Å². The SMILES string of the molecule is CNCC1=C[C@H]2C[C@@]3(O)[C@]4(CCCC[C@@]15OC(=O)C=C5[C@@H]24)CC[C@H]1[C@@]3(O)[C@H](O)[C@H]2C[C@H]([C@@H](C)C3CCCC3)CC[C@H]3[C@@H](O)CC[C@@]1(C=O)[C@]23O. The molecule has 0 unspecified atom stereocenters. The average Bonchev–Trinajstić information content (AvgIpc) is 3.76. The van der Waals surface area contributed by atoms with Crippen LogP contribution >= 0.6 is 0 Å². The highest BCUT2D eigenvalue weighted by Gasteiger charge is 2.85. The van der Waals surface area contributed by atoms with E-state index in [1.165, 1.54) is 25.7 Å². The van der Waals surface area contributed by atoms with Gasteiger partial charge in [0.1, 0.15) is 17.5 Å². The third-order valence-corrected chi connectivity index (χ3v) is 17.7. The number of carbonyl (C=O) groups is 2. The third kappa shape index (κ3) is 3.81. The van der Waals surface area contributed by atoms with Gasteiger partial charge in [-0.25, -0.2) is 4.79 Å². The van der Waals surface area contributed by atoms with Crippen LogP contribution in [0.1, 0.15) is 110 Å². The minimum atomic E-state index is -2.08. The van der Waals surface area contributed by atoms with Crippen molar-refractivity contribution in [3.8, 4) is 0 Å². The number of allylic oxidation sites excluding steroid dienone is 1. The summed E-state index contributed by atoms with van der Waals surface area (Å²) in [6.45, 7) is 2.83. The van der Waals surface area contributed by atoms with Gasteiger partial charge < -0.3 is 40.4 Å². The maximum atomic E-state index is 13.9. The van der Waals surface area contributed by atoms with Crippen LogP contribution in [0.3, 0.4) is 0 Å². The van der Waals surface area contributed by atoms with Crippen molar-refractivity contribution in [2.75, 3.05) is 13.6 Å². The monoisotopic (exact) mass is 693 g/mol. The van der Waals surface area contributed by atoms with Crippen LogP contribution in [0.15, 0.2) is 23.3 Å². The molecule has 9 heteroatoms. The molecule has 0 radical (unpaired) electrons. The highest BCUT2D eigenvalue weighted by atomic mass is 16.6. The van der Waals surface area contributed by atoms with Crippen LogP contribution in [0, 0.1) is 58.2 Å². The largest absolute Gasteiger partial charge is 0.447 e. The van der Waals surface area contributed by atoms with E-state index < -0.39 is 63.2 Å². The second-order valence-corrected chi connectivity index (χ2v) is 18.8. The molecular formula is C41H59NO8. The fourth-order valence-electron chi connectivity index (χ4n) is 15.7. The van der Waals surface area contributed by atoms with E-state index in [0.29, 0.717) is 63.3 Å². The molecule has 1 heterocycles. The van der Waals surface area contributed by atoms with Gasteiger partial charge in [0.25, 0.3) is 0 Å². The standard InChI is InChI=1S/C41H59NO8/c1-23(24-7-3-4-8-24)25-9-10-28-31(44)11-15-37(22-43)32-12-16-36-13-5-6-14-38-27(21-42-2)17-26(34(36)29(38)19-33(45)50-38)20-39(36,47)41(32,49)35(46)30(18-25)40(28,37)48/h17,19,22-26,28,30-32,34-35,42,44,46-49H,3-16,18,20-21H2,1-2H3/t23-,25+,26-,28-,30+,31-,32+,34+,35+,36+,37-,38+,39+,40+,41+/m0/s1. The fourth-order valence-corrected chi connectivity index (χ4v) is 15.7. The molecule has 9 rings (SSSR count). The number of nitrogens with one attached hydrogen (secondary N) is 1. The van der Waals surface area contributed by atoms with Crippen molar-refractivity contribution in [2.24, 2.45) is 58.2 Å². The summed E-state index contributed by atoms with van der Waals surface area (Å²) in [5, 5.41) is 68.7. The zero-order chi connectivity index (χ0) is 35.1. The molecule has 8 aliphatic carbocycles. The molecule has 0 aromatic carbocycles. The summed E-state index contributed by atoms with van der Waals surface area (Å²) in [4.78, 5) is 27.1. The summed E-state index contributed by atoms with van der Waals surface area (Å²) in [6.07, 6.45) is 13.5. The fraction of sp³-hybridized carbons (Fsp3) is 0.854. The lowest BCUT2D eigenvalue weighted by atomic mass is 9.35.